The Hall–Kier alpha value is -2.36. The molecule has 0 bridgehead atoms. The fourth-order valence-corrected chi connectivity index (χ4v) is 2.06. The van der Waals surface area contributed by atoms with Crippen molar-refractivity contribution < 1.29 is 4.74 Å². The Labute approximate surface area is 118 Å². The molecule has 0 unspecified atom stereocenters. The van der Waals surface area contributed by atoms with Gasteiger partial charge in [0.05, 0.1) is 17.9 Å². The highest BCUT2D eigenvalue weighted by Crippen LogP contribution is 2.17. The molecule has 2 aromatic heterocycles. The van der Waals surface area contributed by atoms with E-state index in [1.807, 2.05) is 29.1 Å². The van der Waals surface area contributed by atoms with Crippen molar-refractivity contribution in [1.29, 1.82) is 0 Å². The Bertz CT molecular complexity index is 718. The minimum atomic E-state index is 0.346. The summed E-state index contributed by atoms with van der Waals surface area (Å²) in [7, 11) is 0. The molecule has 0 aliphatic heterocycles. The van der Waals surface area contributed by atoms with Crippen molar-refractivity contribution in [2.45, 2.75) is 26.5 Å². The third-order valence-corrected chi connectivity index (χ3v) is 3.18. The molecule has 0 aliphatic rings. The van der Waals surface area contributed by atoms with Crippen molar-refractivity contribution in [2.24, 2.45) is 0 Å². The molecule has 20 heavy (non-hydrogen) atoms. The lowest BCUT2D eigenvalue weighted by atomic mass is 10.1. The van der Waals surface area contributed by atoms with Gasteiger partial charge in [-0.3, -0.25) is 9.67 Å². The van der Waals surface area contributed by atoms with Gasteiger partial charge in [0.15, 0.2) is 5.75 Å². The molecular weight excluding hydrogens is 250 g/mol. The molecule has 1 aromatic carbocycles. The molecule has 0 aliphatic carbocycles. The summed E-state index contributed by atoms with van der Waals surface area (Å²) in [6.45, 7) is 4.72. The van der Waals surface area contributed by atoms with E-state index in [4.69, 9.17) is 4.74 Å². The second-order valence-electron chi connectivity index (χ2n) is 5.07. The average Bonchev–Trinajstić information content (AvgIpc) is 2.94. The maximum Gasteiger partial charge on any atom is 0.157 e. The van der Waals surface area contributed by atoms with Gasteiger partial charge >= 0.3 is 0 Å². The van der Waals surface area contributed by atoms with E-state index >= 15 is 0 Å². The van der Waals surface area contributed by atoms with Crippen LogP contribution in [0.1, 0.15) is 25.5 Å². The van der Waals surface area contributed by atoms with Crippen LogP contribution in [0.15, 0.2) is 48.9 Å². The van der Waals surface area contributed by atoms with Gasteiger partial charge in [-0.25, -0.2) is 0 Å². The summed E-state index contributed by atoms with van der Waals surface area (Å²) in [5.74, 6) is 0.796. The SMILES string of the molecule is CC(C)n1cc(OCc2ccc3ncccc3c2)cn1. The molecule has 4 nitrogen and oxygen atoms in total. The molecule has 0 atom stereocenters. The summed E-state index contributed by atoms with van der Waals surface area (Å²) in [4.78, 5) is 4.31. The van der Waals surface area contributed by atoms with Crippen molar-refractivity contribution in [2.75, 3.05) is 0 Å². The molecule has 3 rings (SSSR count). The number of rotatable bonds is 4. The van der Waals surface area contributed by atoms with E-state index in [1.54, 1.807) is 12.4 Å². The topological polar surface area (TPSA) is 39.9 Å². The zero-order valence-electron chi connectivity index (χ0n) is 11.7. The maximum absolute atomic E-state index is 5.77. The highest BCUT2D eigenvalue weighted by atomic mass is 16.5. The van der Waals surface area contributed by atoms with Crippen LogP contribution in [-0.4, -0.2) is 14.8 Å². The summed E-state index contributed by atoms with van der Waals surface area (Å²) in [5, 5.41) is 5.39. The van der Waals surface area contributed by atoms with Crippen LogP contribution in [0.3, 0.4) is 0 Å². The van der Waals surface area contributed by atoms with Crippen LogP contribution >= 0.6 is 0 Å². The van der Waals surface area contributed by atoms with Gasteiger partial charge in [-0.2, -0.15) is 5.10 Å². The lowest BCUT2D eigenvalue weighted by Crippen LogP contribution is -2.00. The summed E-state index contributed by atoms with van der Waals surface area (Å²) in [5.41, 5.74) is 2.13. The molecule has 2 heterocycles. The predicted molar refractivity (Wildman–Crippen MR) is 78.7 cm³/mol. The van der Waals surface area contributed by atoms with Gasteiger partial charge in [0.1, 0.15) is 6.61 Å². The van der Waals surface area contributed by atoms with E-state index in [9.17, 15) is 0 Å². The normalized spacial score (nSPS) is 11.2. The number of pyridine rings is 1. The molecule has 3 aromatic rings. The first kappa shape index (κ1) is 12.7. The lowest BCUT2D eigenvalue weighted by Gasteiger charge is -2.05. The van der Waals surface area contributed by atoms with Crippen LogP contribution in [0.4, 0.5) is 0 Å². The van der Waals surface area contributed by atoms with Gasteiger partial charge < -0.3 is 4.74 Å². The first-order valence-corrected chi connectivity index (χ1v) is 6.73. The maximum atomic E-state index is 5.77. The molecule has 0 amide bonds. The number of ether oxygens (including phenoxy) is 1. The van der Waals surface area contributed by atoms with Crippen molar-refractivity contribution in [3.63, 3.8) is 0 Å². The predicted octanol–water partition coefficient (Wildman–Crippen LogP) is 3.59. The fourth-order valence-electron chi connectivity index (χ4n) is 2.06. The Morgan fingerprint density at radius 3 is 2.95 bits per heavy atom. The average molecular weight is 267 g/mol. The monoisotopic (exact) mass is 267 g/mol. The Kier molecular flexibility index (Phi) is 3.37. The molecule has 0 saturated carbocycles. The molecule has 0 N–H and O–H groups in total. The van der Waals surface area contributed by atoms with Crippen molar-refractivity contribution in [3.8, 4) is 5.75 Å². The Balaban J connectivity index is 1.72. The Morgan fingerprint density at radius 2 is 2.15 bits per heavy atom. The van der Waals surface area contributed by atoms with Gasteiger partial charge in [-0.15, -0.1) is 0 Å². The van der Waals surface area contributed by atoms with Crippen molar-refractivity contribution in [1.82, 2.24) is 14.8 Å². The van der Waals surface area contributed by atoms with Crippen molar-refractivity contribution in [3.05, 3.63) is 54.5 Å². The molecular formula is C16H17N3O. The van der Waals surface area contributed by atoms with Crippen LogP contribution in [0.2, 0.25) is 0 Å². The number of hydrogen-bond donors (Lipinski definition) is 0. The standard InChI is InChI=1S/C16H17N3O/c1-12(2)19-10-15(9-18-19)20-11-13-5-6-16-14(8-13)4-3-7-17-16/h3-10,12H,11H2,1-2H3. The third kappa shape index (κ3) is 2.64. The van der Waals surface area contributed by atoms with Crippen LogP contribution in [0.5, 0.6) is 5.75 Å². The van der Waals surface area contributed by atoms with Crippen LogP contribution in [0, 0.1) is 0 Å². The van der Waals surface area contributed by atoms with Crippen LogP contribution in [-0.2, 0) is 6.61 Å². The number of nitrogens with zero attached hydrogens (tertiary/aromatic N) is 3. The highest BCUT2D eigenvalue weighted by molar-refractivity contribution is 5.78. The van der Waals surface area contributed by atoms with E-state index in [0.29, 0.717) is 12.6 Å². The summed E-state index contributed by atoms with van der Waals surface area (Å²) >= 11 is 0. The third-order valence-electron chi connectivity index (χ3n) is 3.18. The summed E-state index contributed by atoms with van der Waals surface area (Å²) in [6, 6.07) is 10.5. The quantitative estimate of drug-likeness (QED) is 0.725. The van der Waals surface area contributed by atoms with Gasteiger partial charge in [0, 0.05) is 17.6 Å². The van der Waals surface area contributed by atoms with E-state index in [0.717, 1.165) is 22.2 Å². The minimum Gasteiger partial charge on any atom is -0.486 e. The number of aromatic nitrogens is 3. The fraction of sp³-hybridized carbons (Fsp3) is 0.250. The first-order chi connectivity index (χ1) is 9.72. The van der Waals surface area contributed by atoms with E-state index in [-0.39, 0.29) is 0 Å². The molecule has 4 heteroatoms. The van der Waals surface area contributed by atoms with Gasteiger partial charge in [0.25, 0.3) is 0 Å². The molecule has 0 spiro atoms. The van der Waals surface area contributed by atoms with E-state index in [1.165, 1.54) is 0 Å². The largest absolute Gasteiger partial charge is 0.486 e. The van der Waals surface area contributed by atoms with Crippen LogP contribution in [0.25, 0.3) is 10.9 Å². The second kappa shape index (κ2) is 5.33. The second-order valence-corrected chi connectivity index (χ2v) is 5.07. The van der Waals surface area contributed by atoms with Gasteiger partial charge in [-0.05, 0) is 37.6 Å². The zero-order valence-corrected chi connectivity index (χ0v) is 11.7. The number of hydrogen-bond acceptors (Lipinski definition) is 3. The van der Waals surface area contributed by atoms with Gasteiger partial charge in [-0.1, -0.05) is 12.1 Å². The molecule has 102 valence electrons. The number of benzene rings is 1. The molecule has 0 radical (unpaired) electrons. The van der Waals surface area contributed by atoms with Crippen LogP contribution < -0.4 is 4.74 Å². The summed E-state index contributed by atoms with van der Waals surface area (Å²) in [6.07, 6.45) is 5.48. The van der Waals surface area contributed by atoms with Crippen molar-refractivity contribution >= 4 is 10.9 Å². The zero-order chi connectivity index (χ0) is 13.9. The smallest absolute Gasteiger partial charge is 0.157 e. The highest BCUT2D eigenvalue weighted by Gasteiger charge is 2.03. The van der Waals surface area contributed by atoms with E-state index < -0.39 is 0 Å². The lowest BCUT2D eigenvalue weighted by molar-refractivity contribution is 0.305. The first-order valence-electron chi connectivity index (χ1n) is 6.73. The minimum absolute atomic E-state index is 0.346. The van der Waals surface area contributed by atoms with E-state index in [2.05, 4.69) is 36.1 Å². The summed E-state index contributed by atoms with van der Waals surface area (Å²) < 4.78 is 7.66. The molecule has 0 fully saturated rings. The number of fused-ring (bicyclic) bond motifs is 1. The Morgan fingerprint density at radius 1 is 1.25 bits per heavy atom. The molecule has 0 saturated heterocycles. The van der Waals surface area contributed by atoms with Gasteiger partial charge in [0.2, 0.25) is 0 Å².